The number of nitrogens with one attached hydrogen (secondary N) is 1. The SMILES string of the molecule is Cc1nnsc1C(=O)NCC1CCCCC1CCl. The molecule has 1 N–H and O–H groups in total. The molecule has 2 rings (SSSR count). The van der Waals surface area contributed by atoms with E-state index in [1.54, 1.807) is 6.92 Å². The standard InChI is InChI=1S/C12H18ClN3OS/c1-8-11(18-16-15-8)12(17)14-7-10-5-3-2-4-9(10)6-13/h9-10H,2-7H2,1H3,(H,14,17). The summed E-state index contributed by atoms with van der Waals surface area (Å²) in [6.07, 6.45) is 4.86. The van der Waals surface area contributed by atoms with Crippen LogP contribution in [0.2, 0.25) is 0 Å². The van der Waals surface area contributed by atoms with Crippen LogP contribution in [0.1, 0.15) is 41.0 Å². The zero-order valence-electron chi connectivity index (χ0n) is 10.5. The molecule has 0 aliphatic heterocycles. The van der Waals surface area contributed by atoms with E-state index in [1.807, 2.05) is 0 Å². The lowest BCUT2D eigenvalue weighted by molar-refractivity contribution is 0.0940. The molecule has 18 heavy (non-hydrogen) atoms. The number of nitrogens with zero attached hydrogens (tertiary/aromatic N) is 2. The van der Waals surface area contributed by atoms with E-state index in [4.69, 9.17) is 11.6 Å². The molecule has 100 valence electrons. The van der Waals surface area contributed by atoms with E-state index >= 15 is 0 Å². The topological polar surface area (TPSA) is 54.9 Å². The van der Waals surface area contributed by atoms with Crippen molar-refractivity contribution >= 4 is 29.0 Å². The minimum atomic E-state index is -0.0543. The van der Waals surface area contributed by atoms with Crippen LogP contribution in [0.4, 0.5) is 0 Å². The maximum atomic E-state index is 12.0. The van der Waals surface area contributed by atoms with Gasteiger partial charge in [-0.2, -0.15) is 0 Å². The van der Waals surface area contributed by atoms with Crippen LogP contribution in [-0.4, -0.2) is 27.9 Å². The van der Waals surface area contributed by atoms with Crippen molar-refractivity contribution in [3.63, 3.8) is 0 Å². The third kappa shape index (κ3) is 3.20. The molecule has 1 aromatic rings. The number of amides is 1. The number of halogens is 1. The first-order chi connectivity index (χ1) is 8.72. The smallest absolute Gasteiger partial charge is 0.264 e. The summed E-state index contributed by atoms with van der Waals surface area (Å²) in [6.45, 7) is 2.52. The molecule has 1 aliphatic rings. The lowest BCUT2D eigenvalue weighted by Crippen LogP contribution is -2.34. The summed E-state index contributed by atoms with van der Waals surface area (Å²) in [7, 11) is 0. The second-order valence-electron chi connectivity index (χ2n) is 4.86. The normalized spacial score (nSPS) is 23.9. The van der Waals surface area contributed by atoms with Crippen molar-refractivity contribution in [2.45, 2.75) is 32.6 Å². The highest BCUT2D eigenvalue weighted by Gasteiger charge is 2.25. The van der Waals surface area contributed by atoms with Crippen molar-refractivity contribution in [1.82, 2.24) is 14.9 Å². The van der Waals surface area contributed by atoms with Crippen molar-refractivity contribution in [1.29, 1.82) is 0 Å². The molecule has 1 amide bonds. The number of aryl methyl sites for hydroxylation is 1. The van der Waals surface area contributed by atoms with E-state index in [-0.39, 0.29) is 5.91 Å². The second-order valence-corrected chi connectivity index (χ2v) is 5.92. The van der Waals surface area contributed by atoms with Crippen molar-refractivity contribution in [2.24, 2.45) is 11.8 Å². The van der Waals surface area contributed by atoms with E-state index in [1.165, 1.54) is 19.3 Å². The molecular formula is C12H18ClN3OS. The van der Waals surface area contributed by atoms with Crippen molar-refractivity contribution in [3.8, 4) is 0 Å². The van der Waals surface area contributed by atoms with Gasteiger partial charge in [0.15, 0.2) is 0 Å². The van der Waals surface area contributed by atoms with Gasteiger partial charge < -0.3 is 5.32 Å². The summed E-state index contributed by atoms with van der Waals surface area (Å²) < 4.78 is 3.78. The largest absolute Gasteiger partial charge is 0.351 e. The number of rotatable bonds is 4. The van der Waals surface area contributed by atoms with E-state index in [9.17, 15) is 4.79 Å². The van der Waals surface area contributed by atoms with Gasteiger partial charge in [-0.3, -0.25) is 4.79 Å². The maximum Gasteiger partial charge on any atom is 0.264 e. The summed E-state index contributed by atoms with van der Waals surface area (Å²) in [5.74, 6) is 1.70. The number of aromatic nitrogens is 2. The quantitative estimate of drug-likeness (QED) is 0.866. The number of alkyl halides is 1. The summed E-state index contributed by atoms with van der Waals surface area (Å²) in [5, 5.41) is 6.84. The summed E-state index contributed by atoms with van der Waals surface area (Å²) in [5.41, 5.74) is 0.704. The van der Waals surface area contributed by atoms with Crippen LogP contribution in [0.5, 0.6) is 0 Å². The summed E-state index contributed by atoms with van der Waals surface area (Å²) in [4.78, 5) is 12.6. The highest BCUT2D eigenvalue weighted by atomic mass is 35.5. The van der Waals surface area contributed by atoms with Gasteiger partial charge in [-0.25, -0.2) is 0 Å². The highest BCUT2D eigenvalue weighted by Crippen LogP contribution is 2.30. The van der Waals surface area contributed by atoms with E-state index in [2.05, 4.69) is 14.9 Å². The average Bonchev–Trinajstić information content (AvgIpc) is 2.82. The first-order valence-electron chi connectivity index (χ1n) is 6.35. The lowest BCUT2D eigenvalue weighted by Gasteiger charge is -2.30. The Morgan fingerprint density at radius 3 is 2.78 bits per heavy atom. The molecule has 1 heterocycles. The van der Waals surface area contributed by atoms with Crippen LogP contribution < -0.4 is 5.32 Å². The molecular weight excluding hydrogens is 270 g/mol. The number of hydrogen-bond acceptors (Lipinski definition) is 4. The fourth-order valence-electron chi connectivity index (χ4n) is 2.50. The number of carbonyl (C=O) groups excluding carboxylic acids is 1. The second kappa shape index (κ2) is 6.48. The Morgan fingerprint density at radius 2 is 2.17 bits per heavy atom. The van der Waals surface area contributed by atoms with Crippen molar-refractivity contribution < 1.29 is 4.79 Å². The molecule has 0 spiro atoms. The van der Waals surface area contributed by atoms with Gasteiger partial charge in [-0.15, -0.1) is 16.7 Å². The van der Waals surface area contributed by atoms with Crippen LogP contribution in [-0.2, 0) is 0 Å². The molecule has 6 heteroatoms. The molecule has 0 bridgehead atoms. The van der Waals surface area contributed by atoms with Crippen LogP contribution in [0.25, 0.3) is 0 Å². The predicted molar refractivity (Wildman–Crippen MR) is 73.1 cm³/mol. The minimum Gasteiger partial charge on any atom is -0.351 e. The minimum absolute atomic E-state index is 0.0543. The van der Waals surface area contributed by atoms with Gasteiger partial charge >= 0.3 is 0 Å². The molecule has 1 saturated carbocycles. The van der Waals surface area contributed by atoms with Gasteiger partial charge in [0.05, 0.1) is 5.69 Å². The highest BCUT2D eigenvalue weighted by molar-refractivity contribution is 7.07. The van der Waals surface area contributed by atoms with Gasteiger partial charge in [0.1, 0.15) is 4.88 Å². The van der Waals surface area contributed by atoms with Gasteiger partial charge in [0, 0.05) is 12.4 Å². The molecule has 0 aromatic carbocycles. The van der Waals surface area contributed by atoms with Crippen molar-refractivity contribution in [2.75, 3.05) is 12.4 Å². The first-order valence-corrected chi connectivity index (χ1v) is 7.66. The van der Waals surface area contributed by atoms with Crippen LogP contribution >= 0.6 is 23.1 Å². The van der Waals surface area contributed by atoms with Gasteiger partial charge in [0.25, 0.3) is 5.91 Å². The lowest BCUT2D eigenvalue weighted by atomic mass is 9.80. The number of carbonyl (C=O) groups is 1. The maximum absolute atomic E-state index is 12.0. The fraction of sp³-hybridized carbons (Fsp3) is 0.750. The third-order valence-corrected chi connectivity index (χ3v) is 4.87. The molecule has 4 nitrogen and oxygen atoms in total. The Bertz CT molecular complexity index is 410. The molecule has 0 saturated heterocycles. The molecule has 1 aliphatic carbocycles. The van der Waals surface area contributed by atoms with E-state index < -0.39 is 0 Å². The Labute approximate surface area is 116 Å². The predicted octanol–water partition coefficient (Wildman–Crippen LogP) is 2.62. The fourth-order valence-corrected chi connectivity index (χ4v) is 3.48. The molecule has 0 radical (unpaired) electrons. The monoisotopic (exact) mass is 287 g/mol. The van der Waals surface area contributed by atoms with Crippen LogP contribution in [0.15, 0.2) is 0 Å². The van der Waals surface area contributed by atoms with E-state index in [0.29, 0.717) is 34.8 Å². The van der Waals surface area contributed by atoms with Crippen LogP contribution in [0.3, 0.4) is 0 Å². The van der Waals surface area contributed by atoms with Crippen LogP contribution in [0, 0.1) is 18.8 Å². The Hall–Kier alpha value is -0.680. The molecule has 2 unspecified atom stereocenters. The summed E-state index contributed by atoms with van der Waals surface area (Å²) in [6, 6.07) is 0. The van der Waals surface area contributed by atoms with Gasteiger partial charge in [-0.1, -0.05) is 17.3 Å². The molecule has 1 aromatic heterocycles. The van der Waals surface area contributed by atoms with Crippen molar-refractivity contribution in [3.05, 3.63) is 10.6 Å². The number of hydrogen-bond donors (Lipinski definition) is 1. The van der Waals surface area contributed by atoms with E-state index in [0.717, 1.165) is 18.0 Å². The Balaban J connectivity index is 1.87. The third-order valence-electron chi connectivity index (χ3n) is 3.65. The Morgan fingerprint density at radius 1 is 1.44 bits per heavy atom. The molecule has 1 fully saturated rings. The zero-order valence-corrected chi connectivity index (χ0v) is 12.1. The zero-order chi connectivity index (χ0) is 13.0. The van der Waals surface area contributed by atoms with Gasteiger partial charge in [0.2, 0.25) is 0 Å². The first kappa shape index (κ1) is 13.7. The molecule has 2 atom stereocenters. The summed E-state index contributed by atoms with van der Waals surface area (Å²) >= 11 is 7.14. The Kier molecular flexibility index (Phi) is 4.95. The average molecular weight is 288 g/mol. The van der Waals surface area contributed by atoms with Gasteiger partial charge in [-0.05, 0) is 43.1 Å².